The van der Waals surface area contributed by atoms with E-state index in [0.29, 0.717) is 25.3 Å². The molecule has 78 valence electrons. The first kappa shape index (κ1) is 10.7. The van der Waals surface area contributed by atoms with E-state index in [2.05, 4.69) is 15.8 Å². The first-order valence-electron chi connectivity index (χ1n) is 4.56. The average Bonchev–Trinajstić information content (AvgIpc) is 2.58. The van der Waals surface area contributed by atoms with Crippen molar-refractivity contribution in [3.63, 3.8) is 0 Å². The number of hydrogen-bond donors (Lipinski definition) is 2. The molecule has 5 heteroatoms. The summed E-state index contributed by atoms with van der Waals surface area (Å²) < 4.78 is 4.94. The van der Waals surface area contributed by atoms with E-state index < -0.39 is 0 Å². The Hall–Kier alpha value is -1.36. The summed E-state index contributed by atoms with van der Waals surface area (Å²) in [6, 6.07) is 1.80. The lowest BCUT2D eigenvalue weighted by molar-refractivity contribution is -0.121. The minimum atomic E-state index is 0.00778. The van der Waals surface area contributed by atoms with E-state index in [0.717, 1.165) is 5.69 Å². The SMILES string of the molecule is CNCCC(=O)NCc1cc(C)no1. The second-order valence-corrected chi connectivity index (χ2v) is 3.06. The van der Waals surface area contributed by atoms with Crippen LogP contribution in [0.3, 0.4) is 0 Å². The van der Waals surface area contributed by atoms with Gasteiger partial charge in [-0.25, -0.2) is 0 Å². The lowest BCUT2D eigenvalue weighted by Crippen LogP contribution is -2.25. The van der Waals surface area contributed by atoms with Gasteiger partial charge in [-0.1, -0.05) is 5.16 Å². The zero-order chi connectivity index (χ0) is 10.4. The third-order valence-corrected chi connectivity index (χ3v) is 1.74. The van der Waals surface area contributed by atoms with Gasteiger partial charge in [0.25, 0.3) is 0 Å². The summed E-state index contributed by atoms with van der Waals surface area (Å²) in [6.07, 6.45) is 0.476. The summed E-state index contributed by atoms with van der Waals surface area (Å²) in [5.74, 6) is 0.689. The van der Waals surface area contributed by atoms with Crippen molar-refractivity contribution in [2.75, 3.05) is 13.6 Å². The monoisotopic (exact) mass is 197 g/mol. The van der Waals surface area contributed by atoms with E-state index in [4.69, 9.17) is 4.52 Å². The van der Waals surface area contributed by atoms with Gasteiger partial charge >= 0.3 is 0 Å². The summed E-state index contributed by atoms with van der Waals surface area (Å²) in [5.41, 5.74) is 0.824. The molecule has 1 amide bonds. The van der Waals surface area contributed by atoms with Crippen LogP contribution in [0.2, 0.25) is 0 Å². The Balaban J connectivity index is 2.23. The summed E-state index contributed by atoms with van der Waals surface area (Å²) in [5, 5.41) is 9.36. The Bertz CT molecular complexity index is 296. The minimum Gasteiger partial charge on any atom is -0.359 e. The van der Waals surface area contributed by atoms with Crippen LogP contribution in [0.25, 0.3) is 0 Å². The molecule has 1 aromatic rings. The molecular weight excluding hydrogens is 182 g/mol. The highest BCUT2D eigenvalue weighted by Gasteiger charge is 2.03. The van der Waals surface area contributed by atoms with Gasteiger partial charge in [0.15, 0.2) is 5.76 Å². The van der Waals surface area contributed by atoms with Gasteiger partial charge in [0, 0.05) is 19.0 Å². The third kappa shape index (κ3) is 3.57. The van der Waals surface area contributed by atoms with E-state index in [1.807, 2.05) is 14.0 Å². The highest BCUT2D eigenvalue weighted by Crippen LogP contribution is 2.00. The van der Waals surface area contributed by atoms with Crippen LogP contribution in [0.1, 0.15) is 17.9 Å². The van der Waals surface area contributed by atoms with E-state index >= 15 is 0 Å². The highest BCUT2D eigenvalue weighted by molar-refractivity contribution is 5.75. The highest BCUT2D eigenvalue weighted by atomic mass is 16.5. The summed E-state index contributed by atoms with van der Waals surface area (Å²) >= 11 is 0. The number of amides is 1. The van der Waals surface area contributed by atoms with Gasteiger partial charge in [0.1, 0.15) is 0 Å². The maximum atomic E-state index is 11.2. The Morgan fingerprint density at radius 3 is 3.00 bits per heavy atom. The standard InChI is InChI=1S/C9H15N3O2/c1-7-5-8(14-12-7)6-11-9(13)3-4-10-2/h5,10H,3-4,6H2,1-2H3,(H,11,13). The molecular formula is C9H15N3O2. The first-order valence-corrected chi connectivity index (χ1v) is 4.56. The van der Waals surface area contributed by atoms with E-state index in [1.165, 1.54) is 0 Å². The molecule has 0 aromatic carbocycles. The van der Waals surface area contributed by atoms with Crippen LogP contribution in [0.4, 0.5) is 0 Å². The molecule has 1 rings (SSSR count). The van der Waals surface area contributed by atoms with Crippen molar-refractivity contribution < 1.29 is 9.32 Å². The molecule has 0 radical (unpaired) electrons. The minimum absolute atomic E-state index is 0.00778. The zero-order valence-corrected chi connectivity index (χ0v) is 8.46. The summed E-state index contributed by atoms with van der Waals surface area (Å²) in [6.45, 7) is 2.93. The molecule has 0 aliphatic heterocycles. The topological polar surface area (TPSA) is 67.2 Å². The van der Waals surface area contributed by atoms with Crippen molar-refractivity contribution in [3.8, 4) is 0 Å². The van der Waals surface area contributed by atoms with Gasteiger partial charge in [-0.05, 0) is 14.0 Å². The smallest absolute Gasteiger partial charge is 0.221 e. The molecule has 1 heterocycles. The van der Waals surface area contributed by atoms with Crippen LogP contribution in [0, 0.1) is 6.92 Å². The lowest BCUT2D eigenvalue weighted by Gasteiger charge is -2.01. The maximum absolute atomic E-state index is 11.2. The number of carbonyl (C=O) groups excluding carboxylic acids is 1. The van der Waals surface area contributed by atoms with Crippen molar-refractivity contribution in [1.82, 2.24) is 15.8 Å². The maximum Gasteiger partial charge on any atom is 0.221 e. The fourth-order valence-corrected chi connectivity index (χ4v) is 1.01. The van der Waals surface area contributed by atoms with Gasteiger partial charge in [-0.15, -0.1) is 0 Å². The summed E-state index contributed by atoms with van der Waals surface area (Å²) in [4.78, 5) is 11.2. The normalized spacial score (nSPS) is 10.1. The largest absolute Gasteiger partial charge is 0.359 e. The van der Waals surface area contributed by atoms with Crippen molar-refractivity contribution in [3.05, 3.63) is 17.5 Å². The van der Waals surface area contributed by atoms with E-state index in [-0.39, 0.29) is 5.91 Å². The molecule has 0 saturated carbocycles. The van der Waals surface area contributed by atoms with Gasteiger partial charge in [0.05, 0.1) is 12.2 Å². The third-order valence-electron chi connectivity index (χ3n) is 1.74. The molecule has 0 bridgehead atoms. The number of aromatic nitrogens is 1. The van der Waals surface area contributed by atoms with Crippen molar-refractivity contribution >= 4 is 5.91 Å². The zero-order valence-electron chi connectivity index (χ0n) is 8.46. The quantitative estimate of drug-likeness (QED) is 0.708. The molecule has 0 saturated heterocycles. The molecule has 2 N–H and O–H groups in total. The van der Waals surface area contributed by atoms with Crippen LogP contribution in [-0.2, 0) is 11.3 Å². The predicted molar refractivity (Wildman–Crippen MR) is 51.6 cm³/mol. The number of carbonyl (C=O) groups is 1. The fourth-order valence-electron chi connectivity index (χ4n) is 1.01. The van der Waals surface area contributed by atoms with Crippen LogP contribution in [0.5, 0.6) is 0 Å². The number of nitrogens with one attached hydrogen (secondary N) is 2. The number of nitrogens with zero attached hydrogens (tertiary/aromatic N) is 1. The molecule has 0 spiro atoms. The summed E-state index contributed by atoms with van der Waals surface area (Å²) in [7, 11) is 1.81. The van der Waals surface area contributed by atoms with Crippen LogP contribution in [0.15, 0.2) is 10.6 Å². The first-order chi connectivity index (χ1) is 6.72. The lowest BCUT2D eigenvalue weighted by atomic mass is 10.3. The predicted octanol–water partition coefficient (Wildman–Crippen LogP) is 0.209. The number of rotatable bonds is 5. The van der Waals surface area contributed by atoms with Crippen molar-refractivity contribution in [2.24, 2.45) is 0 Å². The molecule has 0 aliphatic carbocycles. The van der Waals surface area contributed by atoms with Gasteiger partial charge in [-0.2, -0.15) is 0 Å². The van der Waals surface area contributed by atoms with Crippen molar-refractivity contribution in [2.45, 2.75) is 19.9 Å². The molecule has 0 aliphatic rings. The molecule has 0 unspecified atom stereocenters. The second-order valence-electron chi connectivity index (χ2n) is 3.06. The van der Waals surface area contributed by atoms with Crippen LogP contribution in [-0.4, -0.2) is 24.7 Å². The Morgan fingerprint density at radius 2 is 2.43 bits per heavy atom. The van der Waals surface area contributed by atoms with E-state index in [9.17, 15) is 4.79 Å². The average molecular weight is 197 g/mol. The fraction of sp³-hybridized carbons (Fsp3) is 0.556. The Labute approximate surface area is 82.8 Å². The molecule has 0 atom stereocenters. The molecule has 0 fully saturated rings. The van der Waals surface area contributed by atoms with Gasteiger partial charge in [-0.3, -0.25) is 4.79 Å². The van der Waals surface area contributed by atoms with Crippen molar-refractivity contribution in [1.29, 1.82) is 0 Å². The van der Waals surface area contributed by atoms with Crippen LogP contribution < -0.4 is 10.6 Å². The number of aryl methyl sites for hydroxylation is 1. The van der Waals surface area contributed by atoms with Gasteiger partial charge < -0.3 is 15.2 Å². The molecule has 1 aromatic heterocycles. The Morgan fingerprint density at radius 1 is 1.64 bits per heavy atom. The molecule has 14 heavy (non-hydrogen) atoms. The number of hydrogen-bond acceptors (Lipinski definition) is 4. The Kier molecular flexibility index (Phi) is 4.12. The van der Waals surface area contributed by atoms with E-state index in [1.54, 1.807) is 6.07 Å². The van der Waals surface area contributed by atoms with Crippen LogP contribution >= 0.6 is 0 Å². The second kappa shape index (κ2) is 5.39. The van der Waals surface area contributed by atoms with Gasteiger partial charge in [0.2, 0.25) is 5.91 Å². The molecule has 5 nitrogen and oxygen atoms in total.